The van der Waals surface area contributed by atoms with Gasteiger partial charge in [-0.15, -0.1) is 0 Å². The minimum absolute atomic E-state index is 0.136. The van der Waals surface area contributed by atoms with Gasteiger partial charge in [0.05, 0.1) is 0 Å². The summed E-state index contributed by atoms with van der Waals surface area (Å²) in [5.74, 6) is -0.136. The van der Waals surface area contributed by atoms with Gasteiger partial charge in [-0.1, -0.05) is 29.8 Å². The Bertz CT molecular complexity index is 880. The summed E-state index contributed by atoms with van der Waals surface area (Å²) in [4.78, 5) is 12.6. The van der Waals surface area contributed by atoms with Crippen molar-refractivity contribution in [3.63, 3.8) is 0 Å². The summed E-state index contributed by atoms with van der Waals surface area (Å²) in [5, 5.41) is 4.52. The van der Waals surface area contributed by atoms with Crippen LogP contribution in [0, 0.1) is 13.8 Å². The molecule has 22 heavy (non-hydrogen) atoms. The van der Waals surface area contributed by atoms with E-state index >= 15 is 0 Å². The number of aromatic nitrogens is 1. The fourth-order valence-electron chi connectivity index (χ4n) is 2.60. The highest BCUT2D eigenvalue weighted by Gasteiger charge is 2.15. The summed E-state index contributed by atoms with van der Waals surface area (Å²) in [6.45, 7) is 3.99. The van der Waals surface area contributed by atoms with Gasteiger partial charge in [0.2, 0.25) is 0 Å². The minimum Gasteiger partial charge on any atom is -0.340 e. The van der Waals surface area contributed by atoms with Crippen molar-refractivity contribution in [1.29, 1.82) is 0 Å². The molecule has 3 rings (SSSR count). The monoisotopic (exact) mass is 312 g/mol. The number of nitrogens with one attached hydrogen (secondary N) is 1. The Morgan fingerprint density at radius 2 is 1.91 bits per heavy atom. The SMILES string of the molecule is Cc1ccc(C)c(NC(=O)c2cc3c(Cl)cccc3n2C)c1. The standard InChI is InChI=1S/C18H17ClN2O/c1-11-7-8-12(2)15(9-11)20-18(22)17-10-13-14(19)5-4-6-16(13)21(17)3/h4-10H,1-3H3,(H,20,22). The lowest BCUT2D eigenvalue weighted by molar-refractivity contribution is 0.101. The van der Waals surface area contributed by atoms with Gasteiger partial charge < -0.3 is 9.88 Å². The van der Waals surface area contributed by atoms with Crippen LogP contribution < -0.4 is 5.32 Å². The van der Waals surface area contributed by atoms with Gasteiger partial charge in [0.15, 0.2) is 0 Å². The van der Waals surface area contributed by atoms with Crippen LogP contribution in [0.15, 0.2) is 42.5 Å². The van der Waals surface area contributed by atoms with E-state index in [1.807, 2.05) is 67.9 Å². The molecule has 3 aromatic rings. The number of halogens is 1. The van der Waals surface area contributed by atoms with Crippen LogP contribution in [0.25, 0.3) is 10.9 Å². The molecule has 0 saturated carbocycles. The summed E-state index contributed by atoms with van der Waals surface area (Å²) < 4.78 is 1.86. The van der Waals surface area contributed by atoms with Crippen LogP contribution in [0.2, 0.25) is 5.02 Å². The lowest BCUT2D eigenvalue weighted by Crippen LogP contribution is -2.16. The molecule has 1 heterocycles. The summed E-state index contributed by atoms with van der Waals surface area (Å²) >= 11 is 6.21. The molecule has 0 spiro atoms. The van der Waals surface area contributed by atoms with Crippen LogP contribution in [0.4, 0.5) is 5.69 Å². The van der Waals surface area contributed by atoms with Crippen molar-refractivity contribution in [3.8, 4) is 0 Å². The predicted molar refractivity (Wildman–Crippen MR) is 91.8 cm³/mol. The summed E-state index contributed by atoms with van der Waals surface area (Å²) in [6, 6.07) is 13.5. The van der Waals surface area contributed by atoms with Gasteiger partial charge in [0.1, 0.15) is 5.69 Å². The van der Waals surface area contributed by atoms with E-state index in [1.165, 1.54) is 0 Å². The first-order valence-electron chi connectivity index (χ1n) is 7.10. The first-order chi connectivity index (χ1) is 10.5. The van der Waals surface area contributed by atoms with Crippen LogP contribution in [-0.2, 0) is 7.05 Å². The van der Waals surface area contributed by atoms with Gasteiger partial charge in [-0.2, -0.15) is 0 Å². The Morgan fingerprint density at radius 1 is 1.14 bits per heavy atom. The number of hydrogen-bond donors (Lipinski definition) is 1. The lowest BCUT2D eigenvalue weighted by atomic mass is 10.1. The maximum absolute atomic E-state index is 12.6. The fourth-order valence-corrected chi connectivity index (χ4v) is 2.82. The van der Waals surface area contributed by atoms with Crippen LogP contribution in [0.1, 0.15) is 21.6 Å². The molecule has 0 bridgehead atoms. The number of anilines is 1. The van der Waals surface area contributed by atoms with Crippen LogP contribution in [0.3, 0.4) is 0 Å². The Morgan fingerprint density at radius 3 is 2.64 bits per heavy atom. The number of carbonyl (C=O) groups is 1. The molecule has 0 unspecified atom stereocenters. The van der Waals surface area contributed by atoms with E-state index < -0.39 is 0 Å². The van der Waals surface area contributed by atoms with E-state index in [0.29, 0.717) is 10.7 Å². The zero-order valence-electron chi connectivity index (χ0n) is 12.8. The van der Waals surface area contributed by atoms with E-state index in [0.717, 1.165) is 27.7 Å². The van der Waals surface area contributed by atoms with Gasteiger partial charge in [0, 0.05) is 28.7 Å². The van der Waals surface area contributed by atoms with Crippen LogP contribution in [-0.4, -0.2) is 10.5 Å². The van der Waals surface area contributed by atoms with Crippen molar-refractivity contribution < 1.29 is 4.79 Å². The van der Waals surface area contributed by atoms with E-state index in [2.05, 4.69) is 5.32 Å². The first-order valence-corrected chi connectivity index (χ1v) is 7.47. The number of rotatable bonds is 2. The molecule has 0 radical (unpaired) electrons. The van der Waals surface area contributed by atoms with Gasteiger partial charge in [-0.05, 0) is 49.2 Å². The third kappa shape index (κ3) is 2.48. The maximum atomic E-state index is 12.6. The molecule has 4 heteroatoms. The number of benzene rings is 2. The zero-order chi connectivity index (χ0) is 15.9. The second kappa shape index (κ2) is 5.50. The highest BCUT2D eigenvalue weighted by molar-refractivity contribution is 6.35. The van der Waals surface area contributed by atoms with Gasteiger partial charge in [0.25, 0.3) is 5.91 Å². The smallest absolute Gasteiger partial charge is 0.272 e. The highest BCUT2D eigenvalue weighted by atomic mass is 35.5. The Hall–Kier alpha value is -2.26. The second-order valence-electron chi connectivity index (χ2n) is 5.53. The first kappa shape index (κ1) is 14.7. The minimum atomic E-state index is -0.136. The molecular formula is C18H17ClN2O. The van der Waals surface area contributed by atoms with Crippen molar-refractivity contribution in [3.05, 3.63) is 64.3 Å². The molecule has 1 aromatic heterocycles. The van der Waals surface area contributed by atoms with E-state index in [4.69, 9.17) is 11.6 Å². The second-order valence-corrected chi connectivity index (χ2v) is 5.94. The number of fused-ring (bicyclic) bond motifs is 1. The molecule has 2 aromatic carbocycles. The molecule has 0 aliphatic heterocycles. The van der Waals surface area contributed by atoms with Crippen molar-refractivity contribution in [2.45, 2.75) is 13.8 Å². The largest absolute Gasteiger partial charge is 0.340 e. The number of nitrogens with zero attached hydrogens (tertiary/aromatic N) is 1. The van der Waals surface area contributed by atoms with Gasteiger partial charge >= 0.3 is 0 Å². The Balaban J connectivity index is 2.01. The van der Waals surface area contributed by atoms with Crippen LogP contribution in [0.5, 0.6) is 0 Å². The van der Waals surface area contributed by atoms with Crippen molar-refractivity contribution >= 4 is 34.1 Å². The Labute approximate surface area is 134 Å². The van der Waals surface area contributed by atoms with Gasteiger partial charge in [-0.25, -0.2) is 0 Å². The third-order valence-corrected chi connectivity index (χ3v) is 4.24. The maximum Gasteiger partial charge on any atom is 0.272 e. The molecule has 0 aliphatic carbocycles. The number of amides is 1. The van der Waals surface area contributed by atoms with Crippen molar-refractivity contribution in [1.82, 2.24) is 4.57 Å². The van der Waals surface area contributed by atoms with Crippen LogP contribution >= 0.6 is 11.6 Å². The lowest BCUT2D eigenvalue weighted by Gasteiger charge is -2.10. The molecule has 0 fully saturated rings. The van der Waals surface area contributed by atoms with Gasteiger partial charge in [-0.3, -0.25) is 4.79 Å². The molecular weight excluding hydrogens is 296 g/mol. The molecule has 0 aliphatic rings. The molecule has 112 valence electrons. The molecule has 1 N–H and O–H groups in total. The van der Waals surface area contributed by atoms with Crippen molar-refractivity contribution in [2.75, 3.05) is 5.32 Å². The molecule has 3 nitrogen and oxygen atoms in total. The highest BCUT2D eigenvalue weighted by Crippen LogP contribution is 2.27. The molecule has 1 amide bonds. The van der Waals surface area contributed by atoms with E-state index in [9.17, 15) is 4.79 Å². The van der Waals surface area contributed by atoms with E-state index in [-0.39, 0.29) is 5.91 Å². The van der Waals surface area contributed by atoms with E-state index in [1.54, 1.807) is 0 Å². The predicted octanol–water partition coefficient (Wildman–Crippen LogP) is 4.70. The summed E-state index contributed by atoms with van der Waals surface area (Å²) in [5.41, 5.74) is 4.51. The average molecular weight is 313 g/mol. The normalized spacial score (nSPS) is 10.9. The topological polar surface area (TPSA) is 34.0 Å². The fraction of sp³-hybridized carbons (Fsp3) is 0.167. The molecule has 0 saturated heterocycles. The summed E-state index contributed by atoms with van der Waals surface area (Å²) in [6.07, 6.45) is 0. The number of hydrogen-bond acceptors (Lipinski definition) is 1. The van der Waals surface area contributed by atoms with Crippen molar-refractivity contribution in [2.24, 2.45) is 7.05 Å². The zero-order valence-corrected chi connectivity index (χ0v) is 13.5. The Kier molecular flexibility index (Phi) is 3.67. The number of aryl methyl sites for hydroxylation is 3. The number of carbonyl (C=O) groups excluding carboxylic acids is 1. The quantitative estimate of drug-likeness (QED) is 0.731. The molecule has 0 atom stereocenters. The average Bonchev–Trinajstić information content (AvgIpc) is 2.82. The summed E-state index contributed by atoms with van der Waals surface area (Å²) in [7, 11) is 1.87. The third-order valence-electron chi connectivity index (χ3n) is 3.91.